The highest BCUT2D eigenvalue weighted by Gasteiger charge is 2.60. The average Bonchev–Trinajstić information content (AvgIpc) is 3.42. The number of nitrogens with zero attached hydrogens (tertiary/aromatic N) is 2. The fourth-order valence-corrected chi connectivity index (χ4v) is 5.21. The third kappa shape index (κ3) is 2.74. The van der Waals surface area contributed by atoms with Crippen LogP contribution in [0.5, 0.6) is 0 Å². The lowest BCUT2D eigenvalue weighted by molar-refractivity contribution is -0.144. The number of imide groups is 2. The lowest BCUT2D eigenvalue weighted by atomic mass is 9.87. The second-order valence-electron chi connectivity index (χ2n) is 7.93. The first-order valence-electron chi connectivity index (χ1n) is 10.3. The Morgan fingerprint density at radius 3 is 1.23 bits per heavy atom. The summed E-state index contributed by atoms with van der Waals surface area (Å²) >= 11 is 0. The maximum atomic E-state index is 12.8. The highest BCUT2D eigenvalue weighted by Crippen LogP contribution is 2.44. The highest BCUT2D eigenvalue weighted by atomic mass is 16.5. The molecule has 4 fully saturated rings. The zero-order valence-electron chi connectivity index (χ0n) is 17.1. The van der Waals surface area contributed by atoms with Crippen LogP contribution < -0.4 is 0 Å². The van der Waals surface area contributed by atoms with Gasteiger partial charge in [0.2, 0.25) is 23.6 Å². The molecule has 4 amide bonds. The molecule has 0 aromatic heterocycles. The van der Waals surface area contributed by atoms with E-state index in [1.807, 2.05) is 0 Å². The zero-order chi connectivity index (χ0) is 21.7. The van der Waals surface area contributed by atoms with Gasteiger partial charge < -0.3 is 9.47 Å². The Morgan fingerprint density at radius 2 is 0.967 bits per heavy atom. The van der Waals surface area contributed by atoms with E-state index in [0.29, 0.717) is 13.1 Å². The fourth-order valence-electron chi connectivity index (χ4n) is 5.21. The number of amides is 4. The summed E-state index contributed by atoms with van der Waals surface area (Å²) < 4.78 is 11.8. The van der Waals surface area contributed by atoms with Crippen molar-refractivity contribution in [1.29, 1.82) is 0 Å². The van der Waals surface area contributed by atoms with Gasteiger partial charge in [0.15, 0.2) is 0 Å². The van der Waals surface area contributed by atoms with Gasteiger partial charge in [-0.2, -0.15) is 0 Å². The molecule has 0 saturated carbocycles. The molecule has 8 atom stereocenters. The van der Waals surface area contributed by atoms with E-state index in [1.165, 1.54) is 9.80 Å². The first kappa shape index (κ1) is 20.7. The molecule has 4 rings (SSSR count). The SMILES string of the molecule is C=CC1OC(/C=C\C2OC(C=C)C3C(=O)N(CC)C(=O)C23)C2C(=O)N(CC)C(=O)C12. The summed E-state index contributed by atoms with van der Waals surface area (Å²) in [6.45, 7) is 11.6. The topological polar surface area (TPSA) is 93.2 Å². The van der Waals surface area contributed by atoms with Crippen molar-refractivity contribution in [3.8, 4) is 0 Å². The Bertz CT molecular complexity index is 783. The zero-order valence-corrected chi connectivity index (χ0v) is 17.1. The third-order valence-electron chi connectivity index (χ3n) is 6.61. The molecule has 4 heterocycles. The van der Waals surface area contributed by atoms with Crippen LogP contribution in [0.4, 0.5) is 0 Å². The van der Waals surface area contributed by atoms with Crippen LogP contribution in [0.25, 0.3) is 0 Å². The number of carbonyl (C=O) groups is 4. The van der Waals surface area contributed by atoms with Gasteiger partial charge in [-0.05, 0) is 13.8 Å². The summed E-state index contributed by atoms with van der Waals surface area (Å²) in [4.78, 5) is 53.3. The van der Waals surface area contributed by atoms with Gasteiger partial charge in [0.1, 0.15) is 0 Å². The minimum absolute atomic E-state index is 0.243. The summed E-state index contributed by atoms with van der Waals surface area (Å²) in [6.07, 6.45) is 4.09. The molecule has 30 heavy (non-hydrogen) atoms. The molecule has 0 N–H and O–H groups in total. The van der Waals surface area contributed by atoms with Gasteiger partial charge in [-0.3, -0.25) is 29.0 Å². The van der Waals surface area contributed by atoms with Gasteiger partial charge in [-0.25, -0.2) is 0 Å². The van der Waals surface area contributed by atoms with E-state index >= 15 is 0 Å². The molecule has 0 aliphatic carbocycles. The van der Waals surface area contributed by atoms with Crippen LogP contribution in [-0.2, 0) is 28.7 Å². The highest BCUT2D eigenvalue weighted by molar-refractivity contribution is 6.07. The minimum Gasteiger partial charge on any atom is -0.365 e. The fraction of sp³-hybridized carbons (Fsp3) is 0.545. The molecule has 4 aliphatic heterocycles. The van der Waals surface area contributed by atoms with Crippen molar-refractivity contribution in [2.75, 3.05) is 13.1 Å². The lowest BCUT2D eigenvalue weighted by Crippen LogP contribution is -2.35. The van der Waals surface area contributed by atoms with Crippen LogP contribution in [0.1, 0.15) is 13.8 Å². The standard InChI is InChI=1S/C22H26N2O6/c1-5-11-15-17(21(27)23(7-3)19(15)25)13(29-11)9-10-14-18-16(12(6-2)30-14)20(26)24(8-4)22(18)28/h5-6,9-18H,1-2,7-8H2,3-4H3/b10-9-. The van der Waals surface area contributed by atoms with Crippen molar-refractivity contribution in [2.24, 2.45) is 23.7 Å². The van der Waals surface area contributed by atoms with Gasteiger partial charge >= 0.3 is 0 Å². The van der Waals surface area contributed by atoms with E-state index in [4.69, 9.17) is 9.47 Å². The quantitative estimate of drug-likeness (QED) is 0.469. The van der Waals surface area contributed by atoms with Gasteiger partial charge in [0, 0.05) is 13.1 Å². The Morgan fingerprint density at radius 1 is 0.667 bits per heavy atom. The van der Waals surface area contributed by atoms with Crippen LogP contribution in [0.3, 0.4) is 0 Å². The van der Waals surface area contributed by atoms with E-state index in [0.717, 1.165) is 0 Å². The van der Waals surface area contributed by atoms with Crippen molar-refractivity contribution in [3.63, 3.8) is 0 Å². The van der Waals surface area contributed by atoms with Gasteiger partial charge in [-0.1, -0.05) is 24.3 Å². The Labute approximate surface area is 175 Å². The maximum absolute atomic E-state index is 12.8. The maximum Gasteiger partial charge on any atom is 0.236 e. The van der Waals surface area contributed by atoms with E-state index in [9.17, 15) is 19.2 Å². The van der Waals surface area contributed by atoms with E-state index in [2.05, 4.69) is 13.2 Å². The number of fused-ring (bicyclic) bond motifs is 2. The van der Waals surface area contributed by atoms with E-state index in [-0.39, 0.29) is 23.6 Å². The first-order chi connectivity index (χ1) is 14.4. The first-order valence-corrected chi connectivity index (χ1v) is 10.3. The van der Waals surface area contributed by atoms with Crippen LogP contribution in [0.2, 0.25) is 0 Å². The molecular formula is C22H26N2O6. The van der Waals surface area contributed by atoms with Crippen molar-refractivity contribution in [1.82, 2.24) is 9.80 Å². The number of carbonyl (C=O) groups excluding carboxylic acids is 4. The number of rotatable bonds is 6. The monoisotopic (exact) mass is 414 g/mol. The molecule has 8 unspecified atom stereocenters. The summed E-state index contributed by atoms with van der Waals surface area (Å²) in [5, 5.41) is 0. The molecule has 0 spiro atoms. The van der Waals surface area contributed by atoms with Gasteiger partial charge in [0.25, 0.3) is 0 Å². The van der Waals surface area contributed by atoms with Crippen LogP contribution >= 0.6 is 0 Å². The normalized spacial score (nSPS) is 40.6. The van der Waals surface area contributed by atoms with Crippen LogP contribution in [-0.4, -0.2) is 70.9 Å². The molecule has 0 aromatic rings. The predicted octanol–water partition coefficient (Wildman–Crippen LogP) is 0.692. The predicted molar refractivity (Wildman–Crippen MR) is 106 cm³/mol. The molecule has 160 valence electrons. The number of hydrogen-bond donors (Lipinski definition) is 0. The molecule has 8 heteroatoms. The van der Waals surface area contributed by atoms with E-state index < -0.39 is 48.1 Å². The van der Waals surface area contributed by atoms with E-state index in [1.54, 1.807) is 38.2 Å². The molecule has 4 aliphatic rings. The van der Waals surface area contributed by atoms with Crippen molar-refractivity contribution >= 4 is 23.6 Å². The van der Waals surface area contributed by atoms with Crippen LogP contribution in [0, 0.1) is 23.7 Å². The molecular weight excluding hydrogens is 388 g/mol. The summed E-state index contributed by atoms with van der Waals surface area (Å²) in [7, 11) is 0. The average molecular weight is 414 g/mol. The lowest BCUT2D eigenvalue weighted by Gasteiger charge is -2.19. The second kappa shape index (κ2) is 7.59. The smallest absolute Gasteiger partial charge is 0.236 e. The largest absolute Gasteiger partial charge is 0.365 e. The summed E-state index contributed by atoms with van der Waals surface area (Å²) in [6, 6.07) is 0. The second-order valence-corrected chi connectivity index (χ2v) is 7.93. The van der Waals surface area contributed by atoms with Crippen molar-refractivity contribution in [3.05, 3.63) is 37.5 Å². The van der Waals surface area contributed by atoms with Gasteiger partial charge in [0.05, 0.1) is 48.1 Å². The minimum atomic E-state index is -0.634. The summed E-state index contributed by atoms with van der Waals surface area (Å²) in [5.74, 6) is -3.44. The molecule has 8 nitrogen and oxygen atoms in total. The molecule has 0 bridgehead atoms. The molecule has 4 saturated heterocycles. The van der Waals surface area contributed by atoms with Crippen molar-refractivity contribution in [2.45, 2.75) is 38.3 Å². The number of likely N-dealkylation sites (tertiary alicyclic amines) is 2. The molecule has 0 aromatic carbocycles. The van der Waals surface area contributed by atoms with Crippen molar-refractivity contribution < 1.29 is 28.7 Å². The molecule has 0 radical (unpaired) electrons. The number of hydrogen-bond acceptors (Lipinski definition) is 6. The number of ether oxygens (including phenoxy) is 2. The Kier molecular flexibility index (Phi) is 5.23. The third-order valence-corrected chi connectivity index (χ3v) is 6.61. The summed E-state index contributed by atoms with van der Waals surface area (Å²) in [5.41, 5.74) is 0. The van der Waals surface area contributed by atoms with Gasteiger partial charge in [-0.15, -0.1) is 13.2 Å². The van der Waals surface area contributed by atoms with Crippen LogP contribution in [0.15, 0.2) is 37.5 Å². The Balaban J connectivity index is 1.59. The Hall–Kier alpha value is -2.58.